The van der Waals surface area contributed by atoms with Gasteiger partial charge in [0.15, 0.2) is 0 Å². The van der Waals surface area contributed by atoms with E-state index in [1.807, 2.05) is 0 Å². The molecule has 0 spiro atoms. The highest BCUT2D eigenvalue weighted by Gasteiger charge is 2.54. The Labute approximate surface area is 234 Å². The largest absolute Gasteiger partial charge is 0.481 e. The summed E-state index contributed by atoms with van der Waals surface area (Å²) in [6.07, 6.45) is -0.187. The van der Waals surface area contributed by atoms with Crippen molar-refractivity contribution in [1.29, 1.82) is 0 Å². The second-order valence-electron chi connectivity index (χ2n) is 8.62. The smallest absolute Gasteiger partial charge is 0.352 e. The minimum atomic E-state index is -1.29. The van der Waals surface area contributed by atoms with Gasteiger partial charge in [-0.1, -0.05) is 23.9 Å². The molecular formula is C22H24N8O8S2. The zero-order valence-electron chi connectivity index (χ0n) is 20.6. The van der Waals surface area contributed by atoms with Gasteiger partial charge in [0.05, 0.1) is 13.0 Å². The van der Waals surface area contributed by atoms with Crippen molar-refractivity contribution in [1.82, 2.24) is 30.4 Å². The molecule has 1 aromatic carbocycles. The fourth-order valence-corrected chi connectivity index (χ4v) is 6.36. The number of nitrogens with one attached hydrogen (secondary N) is 2. The van der Waals surface area contributed by atoms with E-state index < -0.39 is 47.2 Å². The Morgan fingerprint density at radius 3 is 2.52 bits per heavy atom. The van der Waals surface area contributed by atoms with Crippen molar-refractivity contribution in [2.24, 2.45) is 5.73 Å². The van der Waals surface area contributed by atoms with E-state index in [0.29, 0.717) is 22.0 Å². The maximum absolute atomic E-state index is 13.0. The first-order valence-electron chi connectivity index (χ1n) is 11.7. The lowest BCUT2D eigenvalue weighted by molar-refractivity contribution is -0.150. The number of nitrogens with zero attached hydrogens (tertiary/aromatic N) is 5. The first-order chi connectivity index (χ1) is 19.1. The predicted molar refractivity (Wildman–Crippen MR) is 140 cm³/mol. The summed E-state index contributed by atoms with van der Waals surface area (Å²) in [5.74, 6) is -4.13. The van der Waals surface area contributed by atoms with Crippen LogP contribution in [-0.2, 0) is 30.5 Å². The highest BCUT2D eigenvalue weighted by atomic mass is 32.2. The Bertz CT molecular complexity index is 1360. The number of hydrogen-bond donors (Lipinski definition) is 6. The predicted octanol–water partition coefficient (Wildman–Crippen LogP) is -0.825. The highest BCUT2D eigenvalue weighted by Crippen LogP contribution is 2.41. The minimum Gasteiger partial charge on any atom is -0.481 e. The molecule has 40 heavy (non-hydrogen) atoms. The van der Waals surface area contributed by atoms with E-state index in [4.69, 9.17) is 15.9 Å². The number of rotatable bonds is 13. The molecule has 2 aromatic rings. The van der Waals surface area contributed by atoms with E-state index in [1.54, 1.807) is 24.3 Å². The van der Waals surface area contributed by atoms with Crippen LogP contribution in [0.5, 0.6) is 0 Å². The molecule has 1 aromatic heterocycles. The van der Waals surface area contributed by atoms with Crippen LogP contribution < -0.4 is 16.4 Å². The van der Waals surface area contributed by atoms with Gasteiger partial charge in [-0.05, 0) is 33.7 Å². The van der Waals surface area contributed by atoms with Crippen molar-refractivity contribution in [2.45, 2.75) is 35.6 Å². The number of benzene rings is 1. The Kier molecular flexibility index (Phi) is 8.90. The first kappa shape index (κ1) is 28.8. The summed E-state index contributed by atoms with van der Waals surface area (Å²) >= 11 is 2.41. The lowest BCUT2D eigenvalue weighted by Crippen LogP contribution is -2.71. The number of β-lactam (4-membered cyclic amide) rings is 1. The van der Waals surface area contributed by atoms with Crippen LogP contribution in [0.4, 0.5) is 5.69 Å². The van der Waals surface area contributed by atoms with Crippen molar-refractivity contribution in [2.75, 3.05) is 23.4 Å². The fourth-order valence-electron chi connectivity index (χ4n) is 3.97. The summed E-state index contributed by atoms with van der Waals surface area (Å²) in [6, 6.07) is 4.20. The summed E-state index contributed by atoms with van der Waals surface area (Å²) in [5, 5.41) is 43.6. The van der Waals surface area contributed by atoms with Crippen molar-refractivity contribution < 1.29 is 39.3 Å². The summed E-state index contributed by atoms with van der Waals surface area (Å²) in [6.45, 7) is -0.226. The number of carboxylic acids is 3. The number of aromatic nitrogens is 4. The number of aryl methyl sites for hydroxylation is 1. The van der Waals surface area contributed by atoms with Gasteiger partial charge >= 0.3 is 17.9 Å². The number of hydrogen-bond acceptors (Lipinski definition) is 12. The van der Waals surface area contributed by atoms with Crippen LogP contribution in [0.1, 0.15) is 18.0 Å². The Balaban J connectivity index is 1.38. The van der Waals surface area contributed by atoms with Gasteiger partial charge in [-0.25, -0.2) is 9.48 Å². The third kappa shape index (κ3) is 6.35. The molecule has 0 saturated carbocycles. The molecule has 2 aliphatic rings. The Morgan fingerprint density at radius 1 is 1.15 bits per heavy atom. The number of amides is 2. The number of carbonyl (C=O) groups excluding carboxylic acids is 2. The number of fused-ring (bicyclic) bond motifs is 1. The lowest BCUT2D eigenvalue weighted by atomic mass is 10.0. The number of tetrazole rings is 1. The van der Waals surface area contributed by atoms with Gasteiger partial charge in [-0.3, -0.25) is 24.1 Å². The maximum atomic E-state index is 13.0. The van der Waals surface area contributed by atoms with E-state index >= 15 is 0 Å². The molecule has 0 radical (unpaired) electrons. The molecule has 0 aliphatic carbocycles. The van der Waals surface area contributed by atoms with Crippen LogP contribution in [-0.4, -0.2) is 99.6 Å². The van der Waals surface area contributed by atoms with Crippen LogP contribution in [0, 0.1) is 0 Å². The number of aliphatic carboxylic acids is 3. The molecule has 3 heterocycles. The van der Waals surface area contributed by atoms with Crippen LogP contribution in [0.15, 0.2) is 40.7 Å². The van der Waals surface area contributed by atoms with Gasteiger partial charge in [-0.15, -0.1) is 16.9 Å². The average molecular weight is 593 g/mol. The molecule has 3 atom stereocenters. The van der Waals surface area contributed by atoms with Crippen LogP contribution in [0.25, 0.3) is 0 Å². The number of anilines is 1. The van der Waals surface area contributed by atoms with Gasteiger partial charge < -0.3 is 31.7 Å². The molecule has 1 saturated heterocycles. The van der Waals surface area contributed by atoms with Gasteiger partial charge in [0.2, 0.25) is 11.1 Å². The maximum Gasteiger partial charge on any atom is 0.352 e. The second kappa shape index (κ2) is 12.3. The number of nitrogens with two attached hydrogens (primary N) is 1. The SMILES string of the molecule is NC(C(=O)NC1C(=O)N2C(C(=O)O)=C(CSc3nnnn3CCC(=O)O)CS[C@H]12)c1ccc(NCC(=O)O)cc1. The topological polar surface area (TPSA) is 243 Å². The third-order valence-corrected chi connectivity index (χ3v) is 8.34. The number of thioether (sulfide) groups is 2. The summed E-state index contributed by atoms with van der Waals surface area (Å²) < 4.78 is 1.31. The molecule has 2 unspecified atom stereocenters. The number of carbonyl (C=O) groups is 5. The van der Waals surface area contributed by atoms with Crippen molar-refractivity contribution >= 4 is 58.9 Å². The standard InChI is InChI=1S/C22H24N8O8S2/c23-15(10-1-3-12(4-2-10)24-7-14(33)34)18(35)25-16-19(36)30-17(21(37)38)11(8-39-20(16)30)9-40-22-26-27-28-29(22)6-5-13(31)32/h1-4,15-16,20,24H,5-9,23H2,(H,25,35)(H,31,32)(H,33,34)(H,37,38)/t15?,16?,20-/m1/s1. The van der Waals surface area contributed by atoms with Crippen LogP contribution in [0.3, 0.4) is 0 Å². The quantitative estimate of drug-likeness (QED) is 0.123. The summed E-state index contributed by atoms with van der Waals surface area (Å²) in [5.41, 5.74) is 7.32. The molecule has 212 valence electrons. The molecule has 2 amide bonds. The molecule has 7 N–H and O–H groups in total. The lowest BCUT2D eigenvalue weighted by Gasteiger charge is -2.49. The van der Waals surface area contributed by atoms with Crippen LogP contribution >= 0.6 is 23.5 Å². The van der Waals surface area contributed by atoms with Gasteiger partial charge in [-0.2, -0.15) is 0 Å². The zero-order chi connectivity index (χ0) is 29.0. The normalized spacial score (nSPS) is 18.9. The molecule has 16 nitrogen and oxygen atoms in total. The van der Waals surface area contributed by atoms with E-state index in [9.17, 15) is 29.1 Å². The van der Waals surface area contributed by atoms with Crippen LogP contribution in [0.2, 0.25) is 0 Å². The molecule has 4 rings (SSSR count). The molecular weight excluding hydrogens is 568 g/mol. The highest BCUT2D eigenvalue weighted by molar-refractivity contribution is 8.01. The monoisotopic (exact) mass is 592 g/mol. The molecule has 2 aliphatic heterocycles. The minimum absolute atomic E-state index is 0.0478. The van der Waals surface area contributed by atoms with E-state index in [1.165, 1.54) is 16.4 Å². The van der Waals surface area contributed by atoms with Crippen molar-refractivity contribution in [3.05, 3.63) is 41.1 Å². The van der Waals surface area contributed by atoms with Gasteiger partial charge in [0.1, 0.15) is 29.7 Å². The Morgan fingerprint density at radius 2 is 1.88 bits per heavy atom. The molecule has 0 bridgehead atoms. The summed E-state index contributed by atoms with van der Waals surface area (Å²) in [4.78, 5) is 60.5. The summed E-state index contributed by atoms with van der Waals surface area (Å²) in [7, 11) is 0. The third-order valence-electron chi connectivity index (χ3n) is 5.96. The fraction of sp³-hybridized carbons (Fsp3) is 0.364. The van der Waals surface area contributed by atoms with Gasteiger partial charge in [0, 0.05) is 17.2 Å². The first-order valence-corrected chi connectivity index (χ1v) is 13.7. The average Bonchev–Trinajstić information content (AvgIpc) is 3.38. The van der Waals surface area contributed by atoms with Crippen molar-refractivity contribution in [3.8, 4) is 0 Å². The molecule has 1 fully saturated rings. The van der Waals surface area contributed by atoms with E-state index in [0.717, 1.165) is 16.7 Å². The Hall–Kier alpha value is -4.16. The molecule has 18 heteroatoms. The number of carboxylic acid groups (broad SMARTS) is 3. The van der Waals surface area contributed by atoms with Gasteiger partial charge in [0.25, 0.3) is 5.91 Å². The second-order valence-corrected chi connectivity index (χ2v) is 10.7. The van der Waals surface area contributed by atoms with E-state index in [-0.39, 0.29) is 36.7 Å². The zero-order valence-corrected chi connectivity index (χ0v) is 22.2. The van der Waals surface area contributed by atoms with Crippen molar-refractivity contribution in [3.63, 3.8) is 0 Å². The van der Waals surface area contributed by atoms with E-state index in [2.05, 4.69) is 26.2 Å².